The summed E-state index contributed by atoms with van der Waals surface area (Å²) in [6.07, 6.45) is 5.21. The molecule has 3 N–H and O–H groups in total. The summed E-state index contributed by atoms with van der Waals surface area (Å²) in [6.45, 7) is 2.11. The largest absolute Gasteiger partial charge is 0.495 e. The molecule has 1 saturated carbocycles. The molecule has 2 unspecified atom stereocenters. The summed E-state index contributed by atoms with van der Waals surface area (Å²) < 4.78 is 33.3. The number of hydrogen-bond donors (Lipinski definition) is 2. The van der Waals surface area contributed by atoms with Crippen LogP contribution in [0.1, 0.15) is 39.0 Å². The number of nitrogens with two attached hydrogens (primary N) is 1. The molecule has 0 spiro atoms. The molecule has 1 aromatic rings. The zero-order chi connectivity index (χ0) is 15.5. The molecular formula is C15H24N2O3S. The second-order valence-electron chi connectivity index (χ2n) is 5.59. The van der Waals surface area contributed by atoms with Crippen LogP contribution in [0.4, 0.5) is 5.69 Å². The highest BCUT2D eigenvalue weighted by Gasteiger charge is 2.29. The van der Waals surface area contributed by atoms with Gasteiger partial charge in [0.25, 0.3) is 0 Å². The van der Waals surface area contributed by atoms with Crippen molar-refractivity contribution in [3.63, 3.8) is 0 Å². The van der Waals surface area contributed by atoms with Gasteiger partial charge in [-0.15, -0.1) is 0 Å². The molecule has 1 aliphatic rings. The van der Waals surface area contributed by atoms with E-state index >= 15 is 0 Å². The van der Waals surface area contributed by atoms with Crippen LogP contribution in [0.5, 0.6) is 5.75 Å². The number of methoxy groups -OCH3 is 1. The van der Waals surface area contributed by atoms with E-state index in [2.05, 4.69) is 11.6 Å². The Balaban J connectivity index is 2.27. The quantitative estimate of drug-likeness (QED) is 0.819. The second kappa shape index (κ2) is 6.66. The monoisotopic (exact) mass is 312 g/mol. The van der Waals surface area contributed by atoms with Crippen molar-refractivity contribution >= 4 is 15.7 Å². The maximum Gasteiger partial charge on any atom is 0.244 e. The van der Waals surface area contributed by atoms with Crippen molar-refractivity contribution in [3.05, 3.63) is 18.2 Å². The van der Waals surface area contributed by atoms with Gasteiger partial charge in [0.15, 0.2) is 0 Å². The predicted molar refractivity (Wildman–Crippen MR) is 83.8 cm³/mol. The maximum absolute atomic E-state index is 12.6. The molecule has 0 saturated heterocycles. The van der Waals surface area contributed by atoms with E-state index in [0.29, 0.717) is 17.4 Å². The maximum atomic E-state index is 12.6. The van der Waals surface area contributed by atoms with E-state index in [1.165, 1.54) is 19.6 Å². The molecule has 1 aromatic carbocycles. The fourth-order valence-corrected chi connectivity index (χ4v) is 4.56. The van der Waals surface area contributed by atoms with Crippen LogP contribution in [0.15, 0.2) is 23.1 Å². The Morgan fingerprint density at radius 2 is 2.05 bits per heavy atom. The highest BCUT2D eigenvalue weighted by atomic mass is 32.2. The summed E-state index contributed by atoms with van der Waals surface area (Å²) >= 11 is 0. The van der Waals surface area contributed by atoms with E-state index in [0.717, 1.165) is 25.7 Å². The van der Waals surface area contributed by atoms with Gasteiger partial charge in [-0.25, -0.2) is 13.1 Å². The summed E-state index contributed by atoms with van der Waals surface area (Å²) in [6, 6.07) is 4.67. The van der Waals surface area contributed by atoms with Crippen LogP contribution in [-0.4, -0.2) is 21.6 Å². The highest BCUT2D eigenvalue weighted by molar-refractivity contribution is 7.89. The van der Waals surface area contributed by atoms with Crippen molar-refractivity contribution in [2.45, 2.75) is 50.0 Å². The van der Waals surface area contributed by atoms with Crippen LogP contribution in [0.2, 0.25) is 0 Å². The average Bonchev–Trinajstić information content (AvgIpc) is 2.47. The third-order valence-corrected chi connectivity index (χ3v) is 5.73. The number of sulfonamides is 1. The third-order valence-electron chi connectivity index (χ3n) is 4.22. The lowest BCUT2D eigenvalue weighted by Crippen LogP contribution is -2.41. The van der Waals surface area contributed by atoms with Crippen LogP contribution < -0.4 is 15.2 Å². The van der Waals surface area contributed by atoms with Crippen molar-refractivity contribution in [1.82, 2.24) is 4.72 Å². The summed E-state index contributed by atoms with van der Waals surface area (Å²) in [5.74, 6) is 0.723. The zero-order valence-corrected chi connectivity index (χ0v) is 13.4. The smallest absolute Gasteiger partial charge is 0.244 e. The average molecular weight is 312 g/mol. The first kappa shape index (κ1) is 16.1. The highest BCUT2D eigenvalue weighted by Crippen LogP contribution is 2.30. The van der Waals surface area contributed by atoms with Crippen molar-refractivity contribution in [2.75, 3.05) is 12.8 Å². The standard InChI is InChI=1S/C15H24N2O3S/c1-3-11-6-4-5-7-13(11)17-21(18,19)15-10-12(16)8-9-14(15)20-2/h8-11,13,17H,3-7,16H2,1-2H3. The van der Waals surface area contributed by atoms with E-state index in [1.54, 1.807) is 12.1 Å². The van der Waals surface area contributed by atoms with E-state index in [4.69, 9.17) is 10.5 Å². The Hall–Kier alpha value is -1.27. The summed E-state index contributed by atoms with van der Waals surface area (Å²) in [7, 11) is -2.16. The Kier molecular flexibility index (Phi) is 5.11. The minimum atomic E-state index is -3.62. The first-order chi connectivity index (χ1) is 9.97. The van der Waals surface area contributed by atoms with Crippen molar-refractivity contribution in [3.8, 4) is 5.75 Å². The minimum absolute atomic E-state index is 0.000105. The van der Waals surface area contributed by atoms with Gasteiger partial charge in [-0.3, -0.25) is 0 Å². The number of anilines is 1. The van der Waals surface area contributed by atoms with Crippen LogP contribution in [0, 0.1) is 5.92 Å². The Morgan fingerprint density at radius 1 is 1.33 bits per heavy atom. The molecule has 0 radical (unpaired) electrons. The number of ether oxygens (including phenoxy) is 1. The van der Waals surface area contributed by atoms with Crippen molar-refractivity contribution in [2.24, 2.45) is 5.92 Å². The normalized spacial score (nSPS) is 23.0. The lowest BCUT2D eigenvalue weighted by atomic mass is 9.83. The van der Waals surface area contributed by atoms with E-state index < -0.39 is 10.0 Å². The third kappa shape index (κ3) is 3.68. The number of rotatable bonds is 5. The van der Waals surface area contributed by atoms with Gasteiger partial charge in [0.05, 0.1) is 7.11 Å². The van der Waals surface area contributed by atoms with Gasteiger partial charge >= 0.3 is 0 Å². The second-order valence-corrected chi connectivity index (χ2v) is 7.27. The summed E-state index contributed by atoms with van der Waals surface area (Å²) in [5, 5.41) is 0. The number of benzene rings is 1. The van der Waals surface area contributed by atoms with Gasteiger partial charge in [0, 0.05) is 11.7 Å². The molecule has 118 valence electrons. The molecule has 5 nitrogen and oxygen atoms in total. The summed E-state index contributed by atoms with van der Waals surface area (Å²) in [5.41, 5.74) is 6.13. The molecule has 0 heterocycles. The van der Waals surface area contributed by atoms with Crippen LogP contribution in [0.25, 0.3) is 0 Å². The number of hydrogen-bond acceptors (Lipinski definition) is 4. The van der Waals surface area contributed by atoms with Crippen LogP contribution in [0.3, 0.4) is 0 Å². The summed E-state index contributed by atoms with van der Waals surface area (Å²) in [4.78, 5) is 0.116. The number of nitrogens with one attached hydrogen (secondary N) is 1. The van der Waals surface area contributed by atoms with E-state index in [9.17, 15) is 8.42 Å². The first-order valence-corrected chi connectivity index (χ1v) is 8.92. The lowest BCUT2D eigenvalue weighted by Gasteiger charge is -2.31. The predicted octanol–water partition coefficient (Wildman–Crippen LogP) is 2.52. The van der Waals surface area contributed by atoms with Gasteiger partial charge < -0.3 is 10.5 Å². The Morgan fingerprint density at radius 3 is 2.71 bits per heavy atom. The first-order valence-electron chi connectivity index (χ1n) is 7.43. The van der Waals surface area contributed by atoms with Crippen molar-refractivity contribution in [1.29, 1.82) is 0 Å². The fraction of sp³-hybridized carbons (Fsp3) is 0.600. The Labute approximate surface area is 126 Å². The van der Waals surface area contributed by atoms with Crippen LogP contribution >= 0.6 is 0 Å². The Bertz CT molecular complexity index is 587. The molecule has 0 bridgehead atoms. The molecule has 0 amide bonds. The fourth-order valence-electron chi connectivity index (χ4n) is 3.02. The van der Waals surface area contributed by atoms with Gasteiger partial charge in [-0.05, 0) is 37.0 Å². The SMILES string of the molecule is CCC1CCCCC1NS(=O)(=O)c1cc(N)ccc1OC. The molecule has 6 heteroatoms. The molecule has 0 aliphatic heterocycles. The lowest BCUT2D eigenvalue weighted by molar-refractivity contribution is 0.282. The van der Waals surface area contributed by atoms with Gasteiger partial charge in [0.2, 0.25) is 10.0 Å². The molecule has 1 aliphatic carbocycles. The molecule has 0 aromatic heterocycles. The zero-order valence-electron chi connectivity index (χ0n) is 12.6. The minimum Gasteiger partial charge on any atom is -0.495 e. The molecule has 21 heavy (non-hydrogen) atoms. The van der Waals surface area contributed by atoms with Gasteiger partial charge in [0.1, 0.15) is 10.6 Å². The van der Waals surface area contributed by atoms with Gasteiger partial charge in [-0.1, -0.05) is 26.2 Å². The van der Waals surface area contributed by atoms with E-state index in [1.807, 2.05) is 0 Å². The van der Waals surface area contributed by atoms with Gasteiger partial charge in [-0.2, -0.15) is 0 Å². The molecular weight excluding hydrogens is 288 g/mol. The van der Waals surface area contributed by atoms with Crippen molar-refractivity contribution < 1.29 is 13.2 Å². The molecule has 2 atom stereocenters. The molecule has 2 rings (SSSR count). The van der Waals surface area contributed by atoms with Crippen LogP contribution in [-0.2, 0) is 10.0 Å². The topological polar surface area (TPSA) is 81.4 Å². The number of nitrogen functional groups attached to an aromatic ring is 1. The van der Waals surface area contributed by atoms with E-state index in [-0.39, 0.29) is 10.9 Å². The molecule has 1 fully saturated rings.